The highest BCUT2D eigenvalue weighted by Crippen LogP contribution is 2.33. The number of esters is 1. The minimum atomic E-state index is -3.75. The number of sulfone groups is 1. The fourth-order valence-corrected chi connectivity index (χ4v) is 5.32. The summed E-state index contributed by atoms with van der Waals surface area (Å²) in [5.41, 5.74) is 2.12. The molecule has 0 unspecified atom stereocenters. The molecule has 8 heteroatoms. The molecule has 156 valence electrons. The Bertz CT molecular complexity index is 1110. The standard InChI is InChI=1S/C22H22N2O5S/c1-29-22(26)17-8-6-16(7-9-17)15-23-10-12-24(13-11-23)21(25)20-14-18-4-2-3-5-19(18)30(20,27)28/h2-9,14H,10-13,15H2,1H3. The number of methoxy groups -OCH3 is 1. The molecule has 0 spiro atoms. The first-order valence-corrected chi connectivity index (χ1v) is 11.1. The minimum absolute atomic E-state index is 0.143. The first-order chi connectivity index (χ1) is 14.4. The molecule has 4 rings (SSSR count). The second-order valence-electron chi connectivity index (χ2n) is 7.31. The molecular weight excluding hydrogens is 404 g/mol. The van der Waals surface area contributed by atoms with Crippen molar-refractivity contribution in [2.24, 2.45) is 0 Å². The highest BCUT2D eigenvalue weighted by atomic mass is 32.2. The van der Waals surface area contributed by atoms with Crippen LogP contribution < -0.4 is 0 Å². The van der Waals surface area contributed by atoms with Gasteiger partial charge in [-0.3, -0.25) is 9.69 Å². The molecule has 2 aliphatic heterocycles. The summed E-state index contributed by atoms with van der Waals surface area (Å²) in [7, 11) is -2.40. The van der Waals surface area contributed by atoms with Crippen molar-refractivity contribution in [2.75, 3.05) is 33.3 Å². The summed E-state index contributed by atoms with van der Waals surface area (Å²) in [4.78, 5) is 28.3. The zero-order valence-corrected chi connectivity index (χ0v) is 17.4. The minimum Gasteiger partial charge on any atom is -0.465 e. The lowest BCUT2D eigenvalue weighted by atomic mass is 10.1. The number of rotatable bonds is 4. The molecule has 30 heavy (non-hydrogen) atoms. The van der Waals surface area contributed by atoms with Crippen LogP contribution in [0.2, 0.25) is 0 Å². The monoisotopic (exact) mass is 426 g/mol. The first-order valence-electron chi connectivity index (χ1n) is 9.65. The Morgan fingerprint density at radius 2 is 1.63 bits per heavy atom. The number of nitrogens with zero attached hydrogens (tertiary/aromatic N) is 2. The van der Waals surface area contributed by atoms with Crippen molar-refractivity contribution in [3.05, 3.63) is 70.1 Å². The van der Waals surface area contributed by atoms with E-state index in [1.807, 2.05) is 12.1 Å². The summed E-state index contributed by atoms with van der Waals surface area (Å²) in [5, 5.41) is 0. The number of piperazine rings is 1. The van der Waals surface area contributed by atoms with Crippen molar-refractivity contribution in [3.8, 4) is 0 Å². The third kappa shape index (κ3) is 3.76. The Balaban J connectivity index is 1.37. The molecule has 0 radical (unpaired) electrons. The van der Waals surface area contributed by atoms with E-state index in [0.29, 0.717) is 43.9 Å². The molecule has 0 N–H and O–H groups in total. The molecule has 0 bridgehead atoms. The molecule has 2 aromatic carbocycles. The average Bonchev–Trinajstić information content (AvgIpc) is 3.04. The van der Waals surface area contributed by atoms with Gasteiger partial charge in [-0.15, -0.1) is 0 Å². The maximum absolute atomic E-state index is 12.9. The van der Waals surface area contributed by atoms with Crippen LogP contribution in [0.1, 0.15) is 21.5 Å². The highest BCUT2D eigenvalue weighted by molar-refractivity contribution is 7.96. The Hall–Kier alpha value is -2.97. The topological polar surface area (TPSA) is 84.0 Å². The van der Waals surface area contributed by atoms with Gasteiger partial charge in [-0.05, 0) is 35.4 Å². The van der Waals surface area contributed by atoms with Gasteiger partial charge in [0.15, 0.2) is 0 Å². The van der Waals surface area contributed by atoms with Crippen molar-refractivity contribution < 1.29 is 22.7 Å². The summed E-state index contributed by atoms with van der Waals surface area (Å²) in [6.45, 7) is 2.90. The maximum Gasteiger partial charge on any atom is 0.337 e. The number of fused-ring (bicyclic) bond motifs is 1. The Morgan fingerprint density at radius 1 is 0.967 bits per heavy atom. The van der Waals surface area contributed by atoms with Crippen LogP contribution in [0.5, 0.6) is 0 Å². The predicted octanol–water partition coefficient (Wildman–Crippen LogP) is 1.95. The number of benzene rings is 2. The second kappa shape index (κ2) is 8.04. The van der Waals surface area contributed by atoms with E-state index in [2.05, 4.69) is 4.90 Å². The normalized spacial score (nSPS) is 17.9. The maximum atomic E-state index is 12.9. The summed E-state index contributed by atoms with van der Waals surface area (Å²) >= 11 is 0. The zero-order valence-electron chi connectivity index (χ0n) is 16.6. The van der Waals surface area contributed by atoms with Crippen molar-refractivity contribution in [1.82, 2.24) is 9.80 Å². The summed E-state index contributed by atoms with van der Waals surface area (Å²) in [6.07, 6.45) is 1.47. The zero-order chi connectivity index (χ0) is 21.3. The molecule has 0 aliphatic carbocycles. The van der Waals surface area contributed by atoms with Crippen LogP contribution in [0, 0.1) is 0 Å². The van der Waals surface area contributed by atoms with Crippen LogP contribution in [0.15, 0.2) is 58.3 Å². The third-order valence-electron chi connectivity index (χ3n) is 5.44. The van der Waals surface area contributed by atoms with E-state index in [1.165, 1.54) is 19.3 Å². The lowest BCUT2D eigenvalue weighted by molar-refractivity contribution is -0.128. The highest BCUT2D eigenvalue weighted by Gasteiger charge is 2.37. The van der Waals surface area contributed by atoms with Gasteiger partial charge in [-0.2, -0.15) is 0 Å². The van der Waals surface area contributed by atoms with Crippen LogP contribution >= 0.6 is 0 Å². The van der Waals surface area contributed by atoms with Crippen LogP contribution in [0.3, 0.4) is 0 Å². The van der Waals surface area contributed by atoms with Crippen LogP contribution in [-0.2, 0) is 25.9 Å². The van der Waals surface area contributed by atoms with E-state index in [-0.39, 0.29) is 15.8 Å². The molecule has 1 fully saturated rings. The van der Waals surface area contributed by atoms with Gasteiger partial charge in [-0.1, -0.05) is 30.3 Å². The molecule has 0 atom stereocenters. The van der Waals surface area contributed by atoms with Crippen molar-refractivity contribution in [1.29, 1.82) is 0 Å². The molecule has 2 aromatic rings. The van der Waals surface area contributed by atoms with Gasteiger partial charge in [0.25, 0.3) is 5.91 Å². The van der Waals surface area contributed by atoms with Crippen molar-refractivity contribution >= 4 is 27.8 Å². The van der Waals surface area contributed by atoms with Gasteiger partial charge < -0.3 is 9.64 Å². The smallest absolute Gasteiger partial charge is 0.337 e. The van der Waals surface area contributed by atoms with E-state index in [1.54, 1.807) is 35.2 Å². The Kier molecular flexibility index (Phi) is 5.44. The van der Waals surface area contributed by atoms with Crippen molar-refractivity contribution in [2.45, 2.75) is 11.4 Å². The summed E-state index contributed by atoms with van der Waals surface area (Å²) in [5.74, 6) is -0.805. The molecule has 1 amide bonds. The van der Waals surface area contributed by atoms with Crippen molar-refractivity contribution in [3.63, 3.8) is 0 Å². The third-order valence-corrected chi connectivity index (χ3v) is 7.26. The number of ether oxygens (including phenoxy) is 1. The van der Waals surface area contributed by atoms with Crippen LogP contribution in [0.25, 0.3) is 6.08 Å². The van der Waals surface area contributed by atoms with Crippen LogP contribution in [0.4, 0.5) is 0 Å². The Labute approximate surface area is 175 Å². The molecular formula is C22H22N2O5S. The largest absolute Gasteiger partial charge is 0.465 e. The van der Waals surface area contributed by atoms with E-state index >= 15 is 0 Å². The fourth-order valence-electron chi connectivity index (χ4n) is 3.75. The molecule has 7 nitrogen and oxygen atoms in total. The van der Waals surface area contributed by atoms with Gasteiger partial charge in [0.05, 0.1) is 17.6 Å². The van der Waals surface area contributed by atoms with E-state index in [9.17, 15) is 18.0 Å². The lowest BCUT2D eigenvalue weighted by Gasteiger charge is -2.34. The lowest BCUT2D eigenvalue weighted by Crippen LogP contribution is -2.49. The van der Waals surface area contributed by atoms with Crippen LogP contribution in [-0.4, -0.2) is 63.4 Å². The molecule has 1 saturated heterocycles. The average molecular weight is 426 g/mol. The number of amides is 1. The van der Waals surface area contributed by atoms with E-state index in [4.69, 9.17) is 4.74 Å². The summed E-state index contributed by atoms with van der Waals surface area (Å²) < 4.78 is 30.1. The molecule has 0 saturated carbocycles. The predicted molar refractivity (Wildman–Crippen MR) is 111 cm³/mol. The van der Waals surface area contributed by atoms with Gasteiger partial charge in [0.1, 0.15) is 4.91 Å². The fraction of sp³-hybridized carbons (Fsp3) is 0.273. The van der Waals surface area contributed by atoms with Gasteiger partial charge in [-0.25, -0.2) is 13.2 Å². The number of hydrogen-bond donors (Lipinski definition) is 0. The Morgan fingerprint density at radius 3 is 2.27 bits per heavy atom. The van der Waals surface area contributed by atoms with E-state index in [0.717, 1.165) is 5.56 Å². The number of hydrogen-bond acceptors (Lipinski definition) is 6. The van der Waals surface area contributed by atoms with E-state index < -0.39 is 15.7 Å². The second-order valence-corrected chi connectivity index (χ2v) is 9.19. The molecule has 0 aromatic heterocycles. The SMILES string of the molecule is COC(=O)c1ccc(CN2CCN(C(=O)C3=Cc4ccccc4S3(=O)=O)CC2)cc1. The first kappa shape index (κ1) is 20.3. The van der Waals surface area contributed by atoms with Gasteiger partial charge >= 0.3 is 5.97 Å². The quantitative estimate of drug-likeness (QED) is 0.695. The molecule has 2 aliphatic rings. The molecule has 2 heterocycles. The summed E-state index contributed by atoms with van der Waals surface area (Å²) in [6, 6.07) is 13.9. The number of carbonyl (C=O) groups excluding carboxylic acids is 2. The number of carbonyl (C=O) groups is 2. The van der Waals surface area contributed by atoms with Gasteiger partial charge in [0.2, 0.25) is 9.84 Å². The van der Waals surface area contributed by atoms with Gasteiger partial charge in [0, 0.05) is 32.7 Å².